The number of sulfonamides is 1. The number of carboxylic acids is 1. The van der Waals surface area contributed by atoms with Crippen LogP contribution in [0.2, 0.25) is 0 Å². The molecule has 0 atom stereocenters. The first-order valence-corrected chi connectivity index (χ1v) is 9.99. The van der Waals surface area contributed by atoms with E-state index < -0.39 is 32.4 Å². The van der Waals surface area contributed by atoms with E-state index in [0.29, 0.717) is 0 Å². The minimum atomic E-state index is -4.25. The average Bonchev–Trinajstić information content (AvgIpc) is 3.04. The highest BCUT2D eigenvalue weighted by Crippen LogP contribution is 2.25. The summed E-state index contributed by atoms with van der Waals surface area (Å²) in [5.41, 5.74) is 5.84. The molecule has 2 rings (SSSR count). The quantitative estimate of drug-likeness (QED) is 0.267. The Kier molecular flexibility index (Phi) is 6.77. The monoisotopic (exact) mass is 429 g/mol. The van der Waals surface area contributed by atoms with Crippen molar-refractivity contribution >= 4 is 43.9 Å². The lowest BCUT2D eigenvalue weighted by molar-refractivity contribution is -0.117. The predicted octanol–water partition coefficient (Wildman–Crippen LogP) is 0.418. The van der Waals surface area contributed by atoms with Crippen LogP contribution in [0, 0.1) is 11.2 Å². The fraction of sp³-hybridized carbons (Fsp3) is 0.200. The third-order valence-corrected chi connectivity index (χ3v) is 5.58. The van der Waals surface area contributed by atoms with Crippen LogP contribution in [0.1, 0.15) is 16.1 Å². The van der Waals surface area contributed by atoms with Crippen LogP contribution < -0.4 is 15.8 Å². The van der Waals surface area contributed by atoms with E-state index in [-0.39, 0.29) is 41.7 Å². The number of nitrogens with two attached hydrogens (primary N) is 1. The number of aromatic carboxylic acids is 1. The fourth-order valence-corrected chi connectivity index (χ4v) is 4.10. The number of thiazole rings is 1. The molecular formula is C15H16FN5O5S2. The molecule has 0 saturated carbocycles. The lowest BCUT2D eigenvalue weighted by Crippen LogP contribution is -2.32. The molecular weight excluding hydrogens is 413 g/mol. The number of halogens is 1. The number of benzene rings is 1. The van der Waals surface area contributed by atoms with E-state index in [1.54, 1.807) is 0 Å². The second-order valence-electron chi connectivity index (χ2n) is 5.54. The van der Waals surface area contributed by atoms with Gasteiger partial charge < -0.3 is 16.2 Å². The molecule has 13 heteroatoms. The maximum absolute atomic E-state index is 14.3. The fourth-order valence-electron chi connectivity index (χ4n) is 2.10. The Balaban J connectivity index is 2.12. The molecule has 1 heterocycles. The van der Waals surface area contributed by atoms with Crippen LogP contribution in [0.15, 0.2) is 28.6 Å². The van der Waals surface area contributed by atoms with Gasteiger partial charge in [0.05, 0.1) is 23.5 Å². The first kappa shape index (κ1) is 21.4. The number of aromatic nitrogens is 1. The van der Waals surface area contributed by atoms with Crippen molar-refractivity contribution in [3.05, 3.63) is 40.8 Å². The highest BCUT2D eigenvalue weighted by Gasteiger charge is 2.22. The van der Waals surface area contributed by atoms with E-state index in [1.807, 2.05) is 0 Å². The smallest absolute Gasteiger partial charge is 0.357 e. The molecule has 0 aliphatic carbocycles. The van der Waals surface area contributed by atoms with Crippen molar-refractivity contribution in [1.29, 1.82) is 5.41 Å². The van der Waals surface area contributed by atoms with Crippen molar-refractivity contribution < 1.29 is 27.5 Å². The number of hydrogen-bond acceptors (Lipinski definition) is 8. The van der Waals surface area contributed by atoms with Crippen molar-refractivity contribution in [2.24, 2.45) is 5.73 Å². The van der Waals surface area contributed by atoms with Crippen molar-refractivity contribution in [1.82, 2.24) is 10.3 Å². The van der Waals surface area contributed by atoms with Gasteiger partial charge in [0.2, 0.25) is 0 Å². The Morgan fingerprint density at radius 1 is 1.32 bits per heavy atom. The number of rotatable bonds is 10. The summed E-state index contributed by atoms with van der Waals surface area (Å²) < 4.78 is 41.0. The van der Waals surface area contributed by atoms with Crippen LogP contribution >= 0.6 is 11.3 Å². The molecule has 2 aromatic rings. The Morgan fingerprint density at radius 2 is 2.04 bits per heavy atom. The van der Waals surface area contributed by atoms with Gasteiger partial charge in [-0.15, -0.1) is 11.3 Å². The Labute approximate surface area is 163 Å². The number of anilines is 1. The molecule has 150 valence electrons. The van der Waals surface area contributed by atoms with Crippen molar-refractivity contribution in [2.45, 2.75) is 11.3 Å². The zero-order chi connectivity index (χ0) is 20.9. The zero-order valence-electron chi connectivity index (χ0n) is 14.2. The lowest BCUT2D eigenvalue weighted by Gasteiger charge is -2.09. The average molecular weight is 429 g/mol. The molecule has 1 aromatic heterocycles. The second kappa shape index (κ2) is 8.86. The number of nitrogens with zero attached hydrogens (tertiary/aromatic N) is 1. The summed E-state index contributed by atoms with van der Waals surface area (Å²) in [6.07, 6.45) is -0.275. The standard InChI is InChI=1S/C15H16FN5O5S2/c16-11-4-10(2-1-8(11)3-9(22)5-19-6-12(17)18)28(25,26)21-14-13(15(23)24)20-7-27-14/h1-2,4,7,19,21H,3,5-6H2,(H3,17,18)(H,23,24). The third-order valence-electron chi connectivity index (χ3n) is 3.36. The highest BCUT2D eigenvalue weighted by atomic mass is 32.2. The van der Waals surface area contributed by atoms with Crippen molar-refractivity contribution in [3.8, 4) is 0 Å². The molecule has 0 fully saturated rings. The van der Waals surface area contributed by atoms with Gasteiger partial charge in [-0.3, -0.25) is 14.9 Å². The summed E-state index contributed by atoms with van der Waals surface area (Å²) in [5.74, 6) is -2.82. The normalized spacial score (nSPS) is 11.2. The van der Waals surface area contributed by atoms with Crippen molar-refractivity contribution in [2.75, 3.05) is 17.8 Å². The summed E-state index contributed by atoms with van der Waals surface area (Å²) in [4.78, 5) is 25.9. The molecule has 0 unspecified atom stereocenters. The molecule has 0 bridgehead atoms. The maximum atomic E-state index is 14.3. The minimum Gasteiger partial charge on any atom is -0.476 e. The first-order valence-electron chi connectivity index (χ1n) is 7.63. The van der Waals surface area contributed by atoms with E-state index in [2.05, 4.69) is 15.0 Å². The Morgan fingerprint density at radius 3 is 2.64 bits per heavy atom. The van der Waals surface area contributed by atoms with Crippen LogP contribution in [-0.2, 0) is 21.2 Å². The number of ketones is 1. The third kappa shape index (κ3) is 5.55. The summed E-state index contributed by atoms with van der Waals surface area (Å²) in [6.45, 7) is -0.100. The summed E-state index contributed by atoms with van der Waals surface area (Å²) >= 11 is 0.773. The van der Waals surface area contributed by atoms with Gasteiger partial charge in [-0.1, -0.05) is 6.07 Å². The van der Waals surface area contributed by atoms with Crippen LogP contribution in [0.4, 0.5) is 9.39 Å². The second-order valence-corrected chi connectivity index (χ2v) is 8.08. The summed E-state index contributed by atoms with van der Waals surface area (Å²) in [7, 11) is -4.25. The molecule has 1 aromatic carbocycles. The summed E-state index contributed by atoms with van der Waals surface area (Å²) in [5, 5.41) is 18.4. The number of carboxylic acid groups (broad SMARTS) is 1. The van der Waals surface area contributed by atoms with Gasteiger partial charge in [-0.2, -0.15) is 0 Å². The SMILES string of the molecule is N=C(N)CNCC(=O)Cc1ccc(S(=O)(=O)Nc2scnc2C(=O)O)cc1F. The molecule has 6 N–H and O–H groups in total. The number of carbonyl (C=O) groups excluding carboxylic acids is 1. The maximum Gasteiger partial charge on any atom is 0.357 e. The number of Topliss-reactive ketones (excluding diaryl/α,β-unsaturated/α-hetero) is 1. The Hall–Kier alpha value is -2.90. The minimum absolute atomic E-state index is 0.00223. The molecule has 10 nitrogen and oxygen atoms in total. The van der Waals surface area contributed by atoms with E-state index in [1.165, 1.54) is 0 Å². The van der Waals surface area contributed by atoms with E-state index in [0.717, 1.165) is 35.0 Å². The molecule has 0 amide bonds. The number of nitrogens with one attached hydrogen (secondary N) is 3. The number of amidine groups is 1. The zero-order valence-corrected chi connectivity index (χ0v) is 15.9. The lowest BCUT2D eigenvalue weighted by atomic mass is 10.1. The molecule has 0 spiro atoms. The Bertz CT molecular complexity index is 1020. The molecule has 0 radical (unpaired) electrons. The first-order chi connectivity index (χ1) is 13.1. The van der Waals surface area contributed by atoms with Crippen LogP contribution in [0.25, 0.3) is 0 Å². The van der Waals surface area contributed by atoms with Gasteiger partial charge in [-0.25, -0.2) is 22.6 Å². The van der Waals surface area contributed by atoms with Gasteiger partial charge in [0.1, 0.15) is 16.7 Å². The van der Waals surface area contributed by atoms with Crippen LogP contribution in [0.3, 0.4) is 0 Å². The van der Waals surface area contributed by atoms with Gasteiger partial charge >= 0.3 is 5.97 Å². The summed E-state index contributed by atoms with van der Waals surface area (Å²) in [6, 6.07) is 3.02. The van der Waals surface area contributed by atoms with Gasteiger partial charge in [-0.05, 0) is 17.7 Å². The van der Waals surface area contributed by atoms with Gasteiger partial charge in [0, 0.05) is 6.42 Å². The molecule has 28 heavy (non-hydrogen) atoms. The highest BCUT2D eigenvalue weighted by molar-refractivity contribution is 7.93. The number of hydrogen-bond donors (Lipinski definition) is 5. The van der Waals surface area contributed by atoms with Gasteiger partial charge in [0.25, 0.3) is 10.0 Å². The molecule has 0 aliphatic heterocycles. The largest absolute Gasteiger partial charge is 0.476 e. The van der Waals surface area contributed by atoms with E-state index in [9.17, 15) is 22.4 Å². The predicted molar refractivity (Wildman–Crippen MR) is 99.8 cm³/mol. The molecule has 0 saturated heterocycles. The molecule has 0 aliphatic rings. The van der Waals surface area contributed by atoms with Gasteiger partial charge in [0.15, 0.2) is 11.5 Å². The van der Waals surface area contributed by atoms with E-state index >= 15 is 0 Å². The van der Waals surface area contributed by atoms with E-state index in [4.69, 9.17) is 16.2 Å². The van der Waals surface area contributed by atoms with Crippen LogP contribution in [-0.4, -0.2) is 49.2 Å². The van der Waals surface area contributed by atoms with Crippen LogP contribution in [0.5, 0.6) is 0 Å². The van der Waals surface area contributed by atoms with Crippen molar-refractivity contribution in [3.63, 3.8) is 0 Å². The topological polar surface area (TPSA) is 175 Å². The number of carbonyl (C=O) groups is 2.